The Labute approximate surface area is 122 Å². The lowest BCUT2D eigenvalue weighted by Gasteiger charge is -2.06. The molecule has 0 bridgehead atoms. The number of alkyl halides is 1. The summed E-state index contributed by atoms with van der Waals surface area (Å²) in [5.41, 5.74) is 2.95. The van der Waals surface area contributed by atoms with Crippen LogP contribution in [0.5, 0.6) is 0 Å². The third kappa shape index (κ3) is 3.67. The third-order valence-electron chi connectivity index (χ3n) is 2.88. The van der Waals surface area contributed by atoms with Gasteiger partial charge in [-0.3, -0.25) is 0 Å². The molecule has 0 heterocycles. The maximum absolute atomic E-state index is 12.3. The van der Waals surface area contributed by atoms with E-state index in [9.17, 15) is 8.42 Å². The third-order valence-corrected chi connectivity index (χ3v) is 5.23. The van der Waals surface area contributed by atoms with Gasteiger partial charge in [-0.25, -0.2) is 8.42 Å². The summed E-state index contributed by atoms with van der Waals surface area (Å²) in [5.74, 6) is 0.0386. The van der Waals surface area contributed by atoms with Crippen molar-refractivity contribution in [2.75, 3.05) is 0 Å². The summed E-state index contributed by atoms with van der Waals surface area (Å²) in [6, 6.07) is 14.6. The van der Waals surface area contributed by atoms with E-state index in [1.165, 1.54) is 0 Å². The van der Waals surface area contributed by atoms with Crippen LogP contribution in [0.3, 0.4) is 0 Å². The van der Waals surface area contributed by atoms with Crippen molar-refractivity contribution in [2.24, 2.45) is 0 Å². The van der Waals surface area contributed by atoms with Crippen LogP contribution in [-0.4, -0.2) is 8.42 Å². The fraction of sp³-hybridized carbons (Fsp3) is 0.200. The highest BCUT2D eigenvalue weighted by Crippen LogP contribution is 2.18. The first-order chi connectivity index (χ1) is 9.01. The van der Waals surface area contributed by atoms with Crippen molar-refractivity contribution in [1.82, 2.24) is 0 Å². The maximum atomic E-state index is 12.3. The molecular weight excluding hydrogens is 324 g/mol. The van der Waals surface area contributed by atoms with Crippen molar-refractivity contribution >= 4 is 25.8 Å². The molecule has 2 aromatic carbocycles. The molecule has 0 fully saturated rings. The van der Waals surface area contributed by atoms with Crippen molar-refractivity contribution in [3.05, 3.63) is 65.2 Å². The minimum absolute atomic E-state index is 0.0386. The second-order valence-electron chi connectivity index (χ2n) is 4.53. The second kappa shape index (κ2) is 5.88. The highest BCUT2D eigenvalue weighted by Gasteiger charge is 2.15. The molecule has 2 nitrogen and oxygen atoms in total. The van der Waals surface area contributed by atoms with Crippen molar-refractivity contribution in [3.63, 3.8) is 0 Å². The zero-order valence-corrected chi connectivity index (χ0v) is 13.0. The van der Waals surface area contributed by atoms with Crippen LogP contribution in [0.1, 0.15) is 16.7 Å². The molecular formula is C15H15BrO2S. The van der Waals surface area contributed by atoms with E-state index in [4.69, 9.17) is 0 Å². The van der Waals surface area contributed by atoms with Crippen molar-refractivity contribution in [2.45, 2.75) is 22.9 Å². The molecule has 2 aromatic rings. The van der Waals surface area contributed by atoms with E-state index in [2.05, 4.69) is 15.9 Å². The summed E-state index contributed by atoms with van der Waals surface area (Å²) in [7, 11) is -3.27. The molecule has 0 saturated carbocycles. The Hall–Kier alpha value is -1.13. The Morgan fingerprint density at radius 2 is 1.63 bits per heavy atom. The van der Waals surface area contributed by atoms with Gasteiger partial charge in [0.1, 0.15) is 0 Å². The fourth-order valence-electron chi connectivity index (χ4n) is 1.85. The van der Waals surface area contributed by atoms with Gasteiger partial charge in [-0.05, 0) is 30.2 Å². The van der Waals surface area contributed by atoms with Crippen LogP contribution >= 0.6 is 15.9 Å². The number of sulfone groups is 1. The average molecular weight is 339 g/mol. The summed E-state index contributed by atoms with van der Waals surface area (Å²) in [6.45, 7) is 1.94. The Kier molecular flexibility index (Phi) is 4.42. The molecule has 19 heavy (non-hydrogen) atoms. The lowest BCUT2D eigenvalue weighted by molar-refractivity contribution is 0.595. The van der Waals surface area contributed by atoms with Gasteiger partial charge in [-0.1, -0.05) is 57.9 Å². The van der Waals surface area contributed by atoms with Crippen molar-refractivity contribution < 1.29 is 8.42 Å². The molecule has 2 rings (SSSR count). The van der Waals surface area contributed by atoms with Gasteiger partial charge in [-0.2, -0.15) is 0 Å². The van der Waals surface area contributed by atoms with Gasteiger partial charge in [0.15, 0.2) is 9.84 Å². The molecule has 0 aliphatic heterocycles. The number of benzene rings is 2. The van der Waals surface area contributed by atoms with Crippen LogP contribution < -0.4 is 0 Å². The molecule has 0 N–H and O–H groups in total. The van der Waals surface area contributed by atoms with E-state index >= 15 is 0 Å². The highest BCUT2D eigenvalue weighted by atomic mass is 79.9. The van der Waals surface area contributed by atoms with Gasteiger partial charge in [0, 0.05) is 5.33 Å². The van der Waals surface area contributed by atoms with Crippen molar-refractivity contribution in [3.8, 4) is 0 Å². The zero-order valence-electron chi connectivity index (χ0n) is 10.6. The van der Waals surface area contributed by atoms with Gasteiger partial charge >= 0.3 is 0 Å². The molecule has 0 aromatic heterocycles. The topological polar surface area (TPSA) is 34.1 Å². The first kappa shape index (κ1) is 14.3. The van der Waals surface area contributed by atoms with E-state index < -0.39 is 9.84 Å². The molecule has 100 valence electrons. The summed E-state index contributed by atoms with van der Waals surface area (Å²) in [6.07, 6.45) is 0. The monoisotopic (exact) mass is 338 g/mol. The molecule has 0 unspecified atom stereocenters. The molecule has 4 heteroatoms. The Morgan fingerprint density at radius 1 is 1.00 bits per heavy atom. The average Bonchev–Trinajstić information content (AvgIpc) is 2.39. The quantitative estimate of drug-likeness (QED) is 0.793. The normalized spacial score (nSPS) is 11.5. The zero-order chi connectivity index (χ0) is 13.9. The van der Waals surface area contributed by atoms with E-state index in [1.807, 2.05) is 43.3 Å². The first-order valence-corrected chi connectivity index (χ1v) is 8.72. The SMILES string of the molecule is Cc1ccc(S(=O)(=O)Cc2cccc(CBr)c2)cc1. The molecule has 0 radical (unpaired) electrons. The maximum Gasteiger partial charge on any atom is 0.182 e. The van der Waals surface area contributed by atoms with Gasteiger partial charge in [0.2, 0.25) is 0 Å². The minimum Gasteiger partial charge on any atom is -0.223 e. The second-order valence-corrected chi connectivity index (χ2v) is 7.08. The largest absolute Gasteiger partial charge is 0.223 e. The molecule has 0 amide bonds. The minimum atomic E-state index is -3.27. The summed E-state index contributed by atoms with van der Waals surface area (Å²) >= 11 is 3.37. The van der Waals surface area contributed by atoms with Crippen LogP contribution in [0, 0.1) is 6.92 Å². The lowest BCUT2D eigenvalue weighted by atomic mass is 10.2. The van der Waals surface area contributed by atoms with Gasteiger partial charge in [0.25, 0.3) is 0 Å². The number of aryl methyl sites for hydroxylation is 1. The lowest BCUT2D eigenvalue weighted by Crippen LogP contribution is -2.05. The smallest absolute Gasteiger partial charge is 0.182 e. The molecule has 0 aliphatic rings. The van der Waals surface area contributed by atoms with Crippen molar-refractivity contribution in [1.29, 1.82) is 0 Å². The summed E-state index contributed by atoms with van der Waals surface area (Å²) in [5, 5.41) is 0.728. The van der Waals surface area contributed by atoms with Crippen LogP contribution in [0.4, 0.5) is 0 Å². The Bertz CT molecular complexity index is 661. The number of hydrogen-bond acceptors (Lipinski definition) is 2. The number of rotatable bonds is 4. The predicted octanol–water partition coefficient (Wildman–Crippen LogP) is 3.86. The number of hydrogen-bond donors (Lipinski definition) is 0. The van der Waals surface area contributed by atoms with Gasteiger partial charge in [-0.15, -0.1) is 0 Å². The Balaban J connectivity index is 2.28. The molecule has 0 saturated heterocycles. The van der Waals surface area contributed by atoms with Gasteiger partial charge in [0.05, 0.1) is 10.6 Å². The van der Waals surface area contributed by atoms with Crippen LogP contribution in [0.25, 0.3) is 0 Å². The number of halogens is 1. The summed E-state index contributed by atoms with van der Waals surface area (Å²) in [4.78, 5) is 0.377. The van der Waals surface area contributed by atoms with Crippen LogP contribution in [0.2, 0.25) is 0 Å². The van der Waals surface area contributed by atoms with Gasteiger partial charge < -0.3 is 0 Å². The molecule has 0 spiro atoms. The van der Waals surface area contributed by atoms with Crippen LogP contribution in [0.15, 0.2) is 53.4 Å². The van der Waals surface area contributed by atoms with E-state index in [0.29, 0.717) is 4.90 Å². The molecule has 0 aliphatic carbocycles. The predicted molar refractivity (Wildman–Crippen MR) is 81.1 cm³/mol. The summed E-state index contributed by atoms with van der Waals surface area (Å²) < 4.78 is 24.6. The van der Waals surface area contributed by atoms with E-state index in [0.717, 1.165) is 22.0 Å². The molecule has 0 atom stereocenters. The highest BCUT2D eigenvalue weighted by molar-refractivity contribution is 9.08. The Morgan fingerprint density at radius 3 is 2.26 bits per heavy atom. The van der Waals surface area contributed by atoms with Crippen LogP contribution in [-0.2, 0) is 20.9 Å². The fourth-order valence-corrected chi connectivity index (χ4v) is 3.54. The van der Waals surface area contributed by atoms with E-state index in [-0.39, 0.29) is 5.75 Å². The standard InChI is InChI=1S/C15H15BrO2S/c1-12-5-7-15(8-6-12)19(17,18)11-14-4-2-3-13(9-14)10-16/h2-9H,10-11H2,1H3. The van der Waals surface area contributed by atoms with E-state index in [1.54, 1.807) is 12.1 Å². The first-order valence-electron chi connectivity index (χ1n) is 5.94.